The van der Waals surface area contributed by atoms with Gasteiger partial charge in [-0.05, 0) is 62.8 Å². The summed E-state index contributed by atoms with van der Waals surface area (Å²) in [7, 11) is 0. The summed E-state index contributed by atoms with van der Waals surface area (Å²) in [6.07, 6.45) is 8.79. The molecule has 3 aromatic rings. The van der Waals surface area contributed by atoms with Crippen LogP contribution in [-0.2, 0) is 21.4 Å². The number of esters is 1. The third kappa shape index (κ3) is 7.04. The number of para-hydroxylation sites is 1. The van der Waals surface area contributed by atoms with Gasteiger partial charge in [0.15, 0.2) is 5.13 Å². The number of piperidine rings is 1. The molecule has 1 N–H and O–H groups in total. The molecule has 0 radical (unpaired) electrons. The number of nitrogens with one attached hydrogen (secondary N) is 1. The molecule has 1 aromatic carbocycles. The fourth-order valence-electron chi connectivity index (χ4n) is 4.74. The number of carbonyl (C=O) groups excluding carboxylic acids is 1. The quantitative estimate of drug-likeness (QED) is 0.238. The molecule has 7 nitrogen and oxygen atoms in total. The molecule has 0 atom stereocenters. The maximum absolute atomic E-state index is 12.4. The molecule has 4 rings (SSSR count). The molecule has 1 aliphatic rings. The van der Waals surface area contributed by atoms with E-state index in [2.05, 4.69) is 42.0 Å². The van der Waals surface area contributed by atoms with Crippen molar-refractivity contribution in [3.63, 3.8) is 0 Å². The van der Waals surface area contributed by atoms with E-state index >= 15 is 0 Å². The molecular formula is C30H40N4O3S. The molecule has 8 heteroatoms. The molecule has 0 unspecified atom stereocenters. The van der Waals surface area contributed by atoms with Crippen LogP contribution in [0.25, 0.3) is 0 Å². The van der Waals surface area contributed by atoms with Crippen LogP contribution in [0, 0.1) is 0 Å². The van der Waals surface area contributed by atoms with E-state index < -0.39 is 5.41 Å². The lowest BCUT2D eigenvalue weighted by Gasteiger charge is -2.31. The molecule has 38 heavy (non-hydrogen) atoms. The Morgan fingerprint density at radius 2 is 1.89 bits per heavy atom. The smallest absolute Gasteiger partial charge is 0.306 e. The lowest BCUT2D eigenvalue weighted by atomic mass is 9.85. The molecule has 1 aliphatic heterocycles. The molecular weight excluding hydrogens is 496 g/mol. The number of unbranched alkanes of at least 4 members (excludes halogenated alkanes) is 1. The largest absolute Gasteiger partial charge is 0.466 e. The first-order chi connectivity index (χ1) is 18.4. The SMILES string of the molecule is CCCCc1ccccc1Oc1ncccc1Nc1nc(C(C)(C)CC(=O)OCC)c(N2CCCCC2)s1. The van der Waals surface area contributed by atoms with Crippen molar-refractivity contribution in [3.8, 4) is 11.6 Å². The predicted octanol–water partition coefficient (Wildman–Crippen LogP) is 7.64. The first kappa shape index (κ1) is 27.9. The molecule has 0 spiro atoms. The maximum Gasteiger partial charge on any atom is 0.306 e. The number of aromatic nitrogens is 2. The van der Waals surface area contributed by atoms with Crippen LogP contribution in [0.1, 0.15) is 77.5 Å². The fraction of sp³-hybridized carbons (Fsp3) is 0.500. The summed E-state index contributed by atoms with van der Waals surface area (Å²) in [6, 6.07) is 12.0. The molecule has 2 aromatic heterocycles. The Bertz CT molecular complexity index is 1200. The summed E-state index contributed by atoms with van der Waals surface area (Å²) < 4.78 is 11.6. The van der Waals surface area contributed by atoms with Crippen LogP contribution < -0.4 is 15.0 Å². The number of benzene rings is 1. The van der Waals surface area contributed by atoms with Gasteiger partial charge in [0.1, 0.15) is 16.4 Å². The number of hydrogen-bond donors (Lipinski definition) is 1. The molecule has 3 heterocycles. The second kappa shape index (κ2) is 13.1. The van der Waals surface area contributed by atoms with Gasteiger partial charge in [0.05, 0.1) is 18.7 Å². The molecule has 204 valence electrons. The van der Waals surface area contributed by atoms with Crippen LogP contribution in [0.4, 0.5) is 15.8 Å². The van der Waals surface area contributed by atoms with Gasteiger partial charge >= 0.3 is 5.97 Å². The van der Waals surface area contributed by atoms with Gasteiger partial charge in [0, 0.05) is 24.7 Å². The van der Waals surface area contributed by atoms with Gasteiger partial charge in [0.2, 0.25) is 5.88 Å². The van der Waals surface area contributed by atoms with Gasteiger partial charge in [-0.2, -0.15) is 0 Å². The lowest BCUT2D eigenvalue weighted by molar-refractivity contribution is -0.144. The van der Waals surface area contributed by atoms with Crippen molar-refractivity contribution in [1.29, 1.82) is 0 Å². The van der Waals surface area contributed by atoms with Gasteiger partial charge in [-0.1, -0.05) is 56.7 Å². The van der Waals surface area contributed by atoms with Gasteiger partial charge in [0.25, 0.3) is 0 Å². The van der Waals surface area contributed by atoms with Crippen LogP contribution in [0.2, 0.25) is 0 Å². The molecule has 0 aliphatic carbocycles. The number of nitrogens with zero attached hydrogens (tertiary/aromatic N) is 3. The highest BCUT2D eigenvalue weighted by Gasteiger charge is 2.33. The van der Waals surface area contributed by atoms with E-state index in [1.165, 1.54) is 12.0 Å². The maximum atomic E-state index is 12.4. The third-order valence-corrected chi connectivity index (χ3v) is 7.81. The fourth-order valence-corrected chi connectivity index (χ4v) is 5.95. The Morgan fingerprint density at radius 1 is 1.11 bits per heavy atom. The van der Waals surface area contributed by atoms with Crippen LogP contribution in [-0.4, -0.2) is 35.6 Å². The minimum Gasteiger partial charge on any atom is -0.466 e. The van der Waals surface area contributed by atoms with Gasteiger partial charge in [-0.25, -0.2) is 9.97 Å². The van der Waals surface area contributed by atoms with E-state index in [4.69, 9.17) is 14.5 Å². The van der Waals surface area contributed by atoms with Gasteiger partial charge in [-0.15, -0.1) is 0 Å². The van der Waals surface area contributed by atoms with Crippen molar-refractivity contribution in [1.82, 2.24) is 9.97 Å². The molecule has 1 saturated heterocycles. The Balaban J connectivity index is 1.63. The minimum absolute atomic E-state index is 0.200. The van der Waals surface area contributed by atoms with Crippen molar-refractivity contribution in [3.05, 3.63) is 53.9 Å². The molecule has 0 saturated carbocycles. The van der Waals surface area contributed by atoms with Crippen molar-refractivity contribution in [2.75, 3.05) is 29.9 Å². The van der Waals surface area contributed by atoms with Gasteiger partial charge in [-0.3, -0.25) is 4.79 Å². The van der Waals surface area contributed by atoms with E-state index in [0.717, 1.165) is 72.5 Å². The molecule has 0 bridgehead atoms. The van der Waals surface area contributed by atoms with E-state index in [9.17, 15) is 4.79 Å². The Hall–Kier alpha value is -3.13. The average Bonchev–Trinajstić information content (AvgIpc) is 3.35. The number of pyridine rings is 1. The number of hydrogen-bond acceptors (Lipinski definition) is 8. The Morgan fingerprint density at radius 3 is 2.66 bits per heavy atom. The minimum atomic E-state index is -0.470. The second-order valence-electron chi connectivity index (χ2n) is 10.4. The first-order valence-electron chi connectivity index (χ1n) is 13.8. The third-order valence-electron chi connectivity index (χ3n) is 6.78. The number of carbonyl (C=O) groups is 1. The summed E-state index contributed by atoms with van der Waals surface area (Å²) in [5.74, 6) is 1.14. The van der Waals surface area contributed by atoms with Crippen molar-refractivity contribution < 1.29 is 14.3 Å². The average molecular weight is 537 g/mol. The van der Waals surface area contributed by atoms with Crippen molar-refractivity contribution in [2.24, 2.45) is 0 Å². The molecule has 0 amide bonds. The number of aryl methyl sites for hydroxylation is 1. The predicted molar refractivity (Wildman–Crippen MR) is 155 cm³/mol. The number of ether oxygens (including phenoxy) is 2. The lowest BCUT2D eigenvalue weighted by Crippen LogP contribution is -2.32. The van der Waals surface area contributed by atoms with Crippen molar-refractivity contribution >= 4 is 33.1 Å². The van der Waals surface area contributed by atoms with E-state index in [-0.39, 0.29) is 12.4 Å². The number of rotatable bonds is 12. The summed E-state index contributed by atoms with van der Waals surface area (Å²) in [6.45, 7) is 10.6. The summed E-state index contributed by atoms with van der Waals surface area (Å²) in [5.41, 5.74) is 2.39. The van der Waals surface area contributed by atoms with Crippen LogP contribution in [0.5, 0.6) is 11.6 Å². The Kier molecular flexibility index (Phi) is 9.61. The highest BCUT2D eigenvalue weighted by Crippen LogP contribution is 2.43. The second-order valence-corrected chi connectivity index (χ2v) is 11.4. The van der Waals surface area contributed by atoms with E-state index in [1.807, 2.05) is 37.3 Å². The normalized spacial score (nSPS) is 13.8. The van der Waals surface area contributed by atoms with Crippen molar-refractivity contribution in [2.45, 2.75) is 78.1 Å². The zero-order valence-electron chi connectivity index (χ0n) is 23.1. The van der Waals surface area contributed by atoms with Gasteiger partial charge < -0.3 is 19.7 Å². The topological polar surface area (TPSA) is 76.6 Å². The van der Waals surface area contributed by atoms with Crippen LogP contribution in [0.15, 0.2) is 42.6 Å². The monoisotopic (exact) mass is 536 g/mol. The first-order valence-corrected chi connectivity index (χ1v) is 14.6. The van der Waals surface area contributed by atoms with E-state index in [0.29, 0.717) is 12.5 Å². The zero-order valence-corrected chi connectivity index (χ0v) is 23.9. The van der Waals surface area contributed by atoms with Crippen LogP contribution in [0.3, 0.4) is 0 Å². The highest BCUT2D eigenvalue weighted by molar-refractivity contribution is 7.19. The summed E-state index contributed by atoms with van der Waals surface area (Å²) in [4.78, 5) is 24.4. The number of anilines is 3. The highest BCUT2D eigenvalue weighted by atomic mass is 32.1. The van der Waals surface area contributed by atoms with E-state index in [1.54, 1.807) is 17.5 Å². The standard InChI is InChI=1S/C30H40N4O3S/c1-5-7-14-22-15-9-10-17-24(22)37-27-23(16-13-18-31-27)32-29-33-26(30(3,4)21-25(35)36-6-2)28(38-29)34-19-11-8-12-20-34/h9-10,13,15-18H,5-8,11-12,14,19-21H2,1-4H3,(H,32,33). The summed E-state index contributed by atoms with van der Waals surface area (Å²) in [5, 5.41) is 5.36. The zero-order chi connectivity index (χ0) is 27.0. The number of thiazole rings is 1. The summed E-state index contributed by atoms with van der Waals surface area (Å²) >= 11 is 1.63. The van der Waals surface area contributed by atoms with Crippen LogP contribution >= 0.6 is 11.3 Å². The Labute approximate surface area is 230 Å². The molecule has 1 fully saturated rings.